The second-order valence-corrected chi connectivity index (χ2v) is 8.14. The number of carboxylic acids is 1. The number of pyridine rings is 1. The van der Waals surface area contributed by atoms with Gasteiger partial charge in [0.15, 0.2) is 11.6 Å². The zero-order valence-electron chi connectivity index (χ0n) is 17.3. The number of aromatic nitrogens is 1. The molecule has 168 valence electrons. The van der Waals surface area contributed by atoms with Gasteiger partial charge in [0.2, 0.25) is 5.43 Å². The SMILES string of the molecule is COc1c(N2CCC(CNCCF)C2)c(F)c(N)c2c(=O)c(C(=O)O)cn(C3CC3)c12. The molecule has 4 N–H and O–H groups in total. The van der Waals surface area contributed by atoms with Crippen molar-refractivity contribution >= 4 is 28.2 Å². The van der Waals surface area contributed by atoms with Crippen molar-refractivity contribution in [2.75, 3.05) is 50.6 Å². The molecule has 1 aliphatic heterocycles. The minimum absolute atomic E-state index is 0.00374. The van der Waals surface area contributed by atoms with Gasteiger partial charge in [0.1, 0.15) is 17.9 Å². The normalized spacial score (nSPS) is 18.7. The van der Waals surface area contributed by atoms with Crippen LogP contribution in [0.3, 0.4) is 0 Å². The van der Waals surface area contributed by atoms with Crippen LogP contribution < -0.4 is 26.1 Å². The summed E-state index contributed by atoms with van der Waals surface area (Å²) in [4.78, 5) is 26.3. The van der Waals surface area contributed by atoms with E-state index in [1.807, 2.05) is 4.90 Å². The summed E-state index contributed by atoms with van der Waals surface area (Å²) in [7, 11) is 1.40. The number of anilines is 2. The van der Waals surface area contributed by atoms with E-state index in [2.05, 4.69) is 5.32 Å². The lowest BCUT2D eigenvalue weighted by Crippen LogP contribution is -2.29. The van der Waals surface area contributed by atoms with Crippen molar-refractivity contribution in [2.24, 2.45) is 5.92 Å². The number of ether oxygens (including phenoxy) is 1. The number of hydrogen-bond acceptors (Lipinski definition) is 6. The summed E-state index contributed by atoms with van der Waals surface area (Å²) < 4.78 is 35.2. The average molecular weight is 436 g/mol. The van der Waals surface area contributed by atoms with Gasteiger partial charge in [-0.3, -0.25) is 4.79 Å². The van der Waals surface area contributed by atoms with E-state index in [-0.39, 0.29) is 41.0 Å². The van der Waals surface area contributed by atoms with E-state index in [0.717, 1.165) is 19.3 Å². The number of aromatic carboxylic acids is 1. The molecule has 1 saturated heterocycles. The Morgan fingerprint density at radius 1 is 1.39 bits per heavy atom. The Kier molecular flexibility index (Phi) is 5.74. The van der Waals surface area contributed by atoms with Crippen molar-refractivity contribution in [3.8, 4) is 5.75 Å². The highest BCUT2D eigenvalue weighted by Gasteiger charge is 2.34. The first-order valence-corrected chi connectivity index (χ1v) is 10.4. The molecule has 1 aliphatic carbocycles. The van der Waals surface area contributed by atoms with Gasteiger partial charge in [-0.05, 0) is 31.7 Å². The number of benzene rings is 1. The van der Waals surface area contributed by atoms with Crippen LogP contribution in [0, 0.1) is 11.7 Å². The summed E-state index contributed by atoms with van der Waals surface area (Å²) in [6, 6.07) is 0.00374. The van der Waals surface area contributed by atoms with Crippen molar-refractivity contribution in [1.29, 1.82) is 0 Å². The van der Waals surface area contributed by atoms with E-state index in [4.69, 9.17) is 10.5 Å². The van der Waals surface area contributed by atoms with Gasteiger partial charge in [0.05, 0.1) is 23.7 Å². The topological polar surface area (TPSA) is 110 Å². The molecule has 2 aliphatic rings. The zero-order chi connectivity index (χ0) is 22.3. The fourth-order valence-electron chi connectivity index (χ4n) is 4.41. The van der Waals surface area contributed by atoms with E-state index in [9.17, 15) is 19.1 Å². The summed E-state index contributed by atoms with van der Waals surface area (Å²) in [6.45, 7) is 1.52. The lowest BCUT2D eigenvalue weighted by atomic mass is 10.1. The maximum atomic E-state index is 15.5. The predicted octanol–water partition coefficient (Wildman–Crippen LogP) is 2.15. The summed E-state index contributed by atoms with van der Waals surface area (Å²) in [6.07, 6.45) is 3.73. The third kappa shape index (κ3) is 3.69. The third-order valence-corrected chi connectivity index (χ3v) is 6.06. The van der Waals surface area contributed by atoms with Crippen molar-refractivity contribution in [1.82, 2.24) is 9.88 Å². The number of carboxylic acid groups (broad SMARTS) is 1. The molecule has 0 spiro atoms. The Morgan fingerprint density at radius 2 is 2.13 bits per heavy atom. The number of halogens is 2. The Labute approximate surface area is 177 Å². The zero-order valence-corrected chi connectivity index (χ0v) is 17.3. The average Bonchev–Trinajstić information content (AvgIpc) is 3.48. The number of nitrogens with one attached hydrogen (secondary N) is 1. The monoisotopic (exact) mass is 436 g/mol. The number of rotatable bonds is 8. The second-order valence-electron chi connectivity index (χ2n) is 8.14. The molecular weight excluding hydrogens is 410 g/mol. The van der Waals surface area contributed by atoms with Crippen LogP contribution in [0.2, 0.25) is 0 Å². The molecule has 0 radical (unpaired) electrons. The number of nitrogen functional groups attached to an aromatic ring is 1. The summed E-state index contributed by atoms with van der Waals surface area (Å²) in [5, 5.41) is 12.3. The fraction of sp³-hybridized carbons (Fsp3) is 0.524. The fourth-order valence-corrected chi connectivity index (χ4v) is 4.41. The highest BCUT2D eigenvalue weighted by atomic mass is 19.1. The third-order valence-electron chi connectivity index (χ3n) is 6.06. The molecule has 1 aromatic carbocycles. The van der Waals surface area contributed by atoms with Crippen LogP contribution in [0.15, 0.2) is 11.0 Å². The second kappa shape index (κ2) is 8.33. The van der Waals surface area contributed by atoms with Crippen molar-refractivity contribution in [3.05, 3.63) is 27.8 Å². The van der Waals surface area contributed by atoms with Crippen molar-refractivity contribution in [2.45, 2.75) is 25.3 Å². The van der Waals surface area contributed by atoms with Crippen LogP contribution in [0.25, 0.3) is 10.9 Å². The highest BCUT2D eigenvalue weighted by Crippen LogP contribution is 2.46. The molecule has 1 saturated carbocycles. The minimum atomic E-state index is -1.38. The number of alkyl halides is 1. The van der Waals surface area contributed by atoms with Crippen LogP contribution >= 0.6 is 0 Å². The van der Waals surface area contributed by atoms with E-state index in [1.54, 1.807) is 4.57 Å². The van der Waals surface area contributed by atoms with Gasteiger partial charge < -0.3 is 30.4 Å². The van der Waals surface area contributed by atoms with Gasteiger partial charge in [-0.15, -0.1) is 0 Å². The molecule has 1 unspecified atom stereocenters. The van der Waals surface area contributed by atoms with Crippen LogP contribution in [-0.2, 0) is 0 Å². The van der Waals surface area contributed by atoms with Gasteiger partial charge in [0, 0.05) is 31.9 Å². The first-order valence-electron chi connectivity index (χ1n) is 10.4. The Bertz CT molecular complexity index is 1080. The van der Waals surface area contributed by atoms with Crippen LogP contribution in [0.1, 0.15) is 35.7 Å². The van der Waals surface area contributed by atoms with E-state index in [1.165, 1.54) is 13.3 Å². The smallest absolute Gasteiger partial charge is 0.341 e. The predicted molar refractivity (Wildman–Crippen MR) is 114 cm³/mol. The largest absolute Gasteiger partial charge is 0.492 e. The molecule has 2 heterocycles. The number of nitrogens with zero attached hydrogens (tertiary/aromatic N) is 2. The van der Waals surface area contributed by atoms with E-state index < -0.39 is 29.5 Å². The first kappa shape index (κ1) is 21.4. The number of hydrogen-bond donors (Lipinski definition) is 3. The molecule has 2 aromatic rings. The molecule has 0 bridgehead atoms. The molecule has 1 atom stereocenters. The lowest BCUT2D eigenvalue weighted by Gasteiger charge is -2.26. The minimum Gasteiger partial charge on any atom is -0.492 e. The molecule has 8 nitrogen and oxygen atoms in total. The highest BCUT2D eigenvalue weighted by molar-refractivity contribution is 6.03. The maximum Gasteiger partial charge on any atom is 0.341 e. The molecule has 10 heteroatoms. The molecular formula is C21H26F2N4O4. The van der Waals surface area contributed by atoms with Gasteiger partial charge in [-0.25, -0.2) is 13.6 Å². The van der Waals surface area contributed by atoms with Crippen LogP contribution in [-0.4, -0.2) is 55.6 Å². The molecule has 1 aromatic heterocycles. The van der Waals surface area contributed by atoms with Crippen LogP contribution in [0.5, 0.6) is 5.75 Å². The molecule has 2 fully saturated rings. The standard InChI is InChI=1S/C21H26F2N4O4/c1-31-20-17-14(19(28)13(21(29)30)10-27(17)12-2-3-12)16(24)15(23)18(20)26-7-4-11(9-26)8-25-6-5-22/h10-12,25H,2-9,24H2,1H3,(H,29,30). The molecule has 0 amide bonds. The van der Waals surface area contributed by atoms with E-state index >= 15 is 4.39 Å². The van der Waals surface area contributed by atoms with Crippen molar-refractivity contribution in [3.63, 3.8) is 0 Å². The number of methoxy groups -OCH3 is 1. The van der Waals surface area contributed by atoms with E-state index in [0.29, 0.717) is 25.2 Å². The maximum absolute atomic E-state index is 15.5. The molecule has 31 heavy (non-hydrogen) atoms. The lowest BCUT2D eigenvalue weighted by molar-refractivity contribution is 0.0695. The number of carbonyl (C=O) groups is 1. The Hall–Kier alpha value is -2.88. The Morgan fingerprint density at radius 3 is 2.74 bits per heavy atom. The van der Waals surface area contributed by atoms with Crippen LogP contribution in [0.4, 0.5) is 20.2 Å². The molecule has 4 rings (SSSR count). The Balaban J connectivity index is 1.87. The summed E-state index contributed by atoms with van der Waals surface area (Å²) >= 11 is 0. The van der Waals surface area contributed by atoms with Gasteiger partial charge in [0.25, 0.3) is 0 Å². The number of nitrogens with two attached hydrogens (primary N) is 1. The van der Waals surface area contributed by atoms with Gasteiger partial charge in [-0.1, -0.05) is 0 Å². The summed E-state index contributed by atoms with van der Waals surface area (Å²) in [5.41, 5.74) is 4.95. The van der Waals surface area contributed by atoms with Gasteiger partial charge >= 0.3 is 5.97 Å². The van der Waals surface area contributed by atoms with Gasteiger partial charge in [-0.2, -0.15) is 0 Å². The first-order chi connectivity index (χ1) is 14.9. The number of fused-ring (bicyclic) bond motifs is 1. The quantitative estimate of drug-likeness (QED) is 0.430. The summed E-state index contributed by atoms with van der Waals surface area (Å²) in [5.74, 6) is -1.79. The van der Waals surface area contributed by atoms with Crippen molar-refractivity contribution < 1.29 is 23.4 Å².